The van der Waals surface area contributed by atoms with Crippen LogP contribution in [-0.4, -0.2) is 22.4 Å². The first-order valence-corrected chi connectivity index (χ1v) is 7.85. The Morgan fingerprint density at radius 3 is 2.74 bits per heavy atom. The van der Waals surface area contributed by atoms with Crippen LogP contribution in [0.15, 0.2) is 6.07 Å². The lowest BCUT2D eigenvalue weighted by atomic mass is 9.91. The van der Waals surface area contributed by atoms with Crippen LogP contribution in [0.25, 0.3) is 0 Å². The van der Waals surface area contributed by atoms with Gasteiger partial charge < -0.3 is 5.32 Å². The van der Waals surface area contributed by atoms with Crippen molar-refractivity contribution in [3.8, 4) is 0 Å². The van der Waals surface area contributed by atoms with Gasteiger partial charge in [-0.15, -0.1) is 0 Å². The van der Waals surface area contributed by atoms with E-state index in [0.29, 0.717) is 6.04 Å². The van der Waals surface area contributed by atoms with Crippen LogP contribution in [0, 0.1) is 11.8 Å². The van der Waals surface area contributed by atoms with Crippen molar-refractivity contribution in [2.75, 3.05) is 6.54 Å². The topological polar surface area (TPSA) is 29.9 Å². The molecule has 3 heteroatoms. The number of rotatable bonds is 6. The number of nitrogens with one attached hydrogen (secondary N) is 1. The van der Waals surface area contributed by atoms with Gasteiger partial charge >= 0.3 is 0 Å². The predicted octanol–water partition coefficient (Wildman–Crippen LogP) is 2.94. The maximum atomic E-state index is 4.57. The second kappa shape index (κ2) is 6.56. The van der Waals surface area contributed by atoms with Crippen molar-refractivity contribution in [1.29, 1.82) is 0 Å². The molecule has 1 heterocycles. The lowest BCUT2D eigenvalue weighted by Crippen LogP contribution is -2.31. The van der Waals surface area contributed by atoms with Crippen molar-refractivity contribution in [2.45, 2.75) is 58.9 Å². The van der Waals surface area contributed by atoms with Crippen LogP contribution >= 0.6 is 0 Å². The van der Waals surface area contributed by atoms with Crippen LogP contribution < -0.4 is 5.32 Å². The number of hydrogen-bond donors (Lipinski definition) is 1. The Hall–Kier alpha value is -0.830. The van der Waals surface area contributed by atoms with Crippen molar-refractivity contribution >= 4 is 0 Å². The molecule has 0 radical (unpaired) electrons. The largest absolute Gasteiger partial charge is 0.314 e. The molecule has 0 amide bonds. The Morgan fingerprint density at radius 2 is 2.11 bits per heavy atom. The second-order valence-corrected chi connectivity index (χ2v) is 6.32. The highest BCUT2D eigenvalue weighted by molar-refractivity contribution is 5.11. The van der Waals surface area contributed by atoms with Gasteiger partial charge in [0.25, 0.3) is 0 Å². The van der Waals surface area contributed by atoms with E-state index in [9.17, 15) is 0 Å². The van der Waals surface area contributed by atoms with Gasteiger partial charge in [0.15, 0.2) is 0 Å². The molecule has 1 aliphatic carbocycles. The van der Waals surface area contributed by atoms with Crippen LogP contribution in [0.5, 0.6) is 0 Å². The molecule has 0 saturated heterocycles. The molecule has 0 bridgehead atoms. The molecule has 1 fully saturated rings. The summed E-state index contributed by atoms with van der Waals surface area (Å²) in [6, 6.07) is 2.90. The summed E-state index contributed by atoms with van der Waals surface area (Å²) in [7, 11) is 2.09. The summed E-state index contributed by atoms with van der Waals surface area (Å²) < 4.78 is 2.09. The third kappa shape index (κ3) is 3.82. The molecule has 1 aromatic heterocycles. The zero-order chi connectivity index (χ0) is 13.8. The van der Waals surface area contributed by atoms with Crippen molar-refractivity contribution in [3.05, 3.63) is 17.5 Å². The molecule has 108 valence electrons. The summed E-state index contributed by atoms with van der Waals surface area (Å²) in [6.45, 7) is 7.83. The van der Waals surface area contributed by atoms with Gasteiger partial charge in [-0.3, -0.25) is 4.68 Å². The maximum absolute atomic E-state index is 4.57. The molecule has 2 unspecified atom stereocenters. The fourth-order valence-corrected chi connectivity index (χ4v) is 3.24. The third-order valence-corrected chi connectivity index (χ3v) is 4.47. The number of aryl methyl sites for hydroxylation is 2. The van der Waals surface area contributed by atoms with Gasteiger partial charge in [0.1, 0.15) is 0 Å². The minimum Gasteiger partial charge on any atom is -0.314 e. The Kier molecular flexibility index (Phi) is 5.03. The van der Waals surface area contributed by atoms with E-state index in [1.165, 1.54) is 43.6 Å². The molecular formula is C16H29N3. The molecule has 1 saturated carbocycles. The smallest absolute Gasteiger partial charge is 0.0624 e. The van der Waals surface area contributed by atoms with Crippen LogP contribution in [0.1, 0.15) is 51.4 Å². The maximum Gasteiger partial charge on any atom is 0.0624 e. The first kappa shape index (κ1) is 14.6. The summed E-state index contributed by atoms with van der Waals surface area (Å²) in [5.74, 6) is 1.69. The van der Waals surface area contributed by atoms with Crippen molar-refractivity contribution < 1.29 is 0 Å². The molecule has 1 aliphatic rings. The van der Waals surface area contributed by atoms with Gasteiger partial charge in [-0.2, -0.15) is 5.10 Å². The van der Waals surface area contributed by atoms with E-state index in [-0.39, 0.29) is 0 Å². The molecule has 3 nitrogen and oxygen atoms in total. The third-order valence-electron chi connectivity index (χ3n) is 4.47. The highest BCUT2D eigenvalue weighted by atomic mass is 15.3. The zero-order valence-electron chi connectivity index (χ0n) is 12.9. The fraction of sp³-hybridized carbons (Fsp3) is 0.812. The van der Waals surface area contributed by atoms with Crippen LogP contribution in [0.3, 0.4) is 0 Å². The molecule has 0 aromatic carbocycles. The van der Waals surface area contributed by atoms with E-state index >= 15 is 0 Å². The van der Waals surface area contributed by atoms with Gasteiger partial charge in [0, 0.05) is 18.8 Å². The molecule has 0 spiro atoms. The predicted molar refractivity (Wildman–Crippen MR) is 80.3 cm³/mol. The Labute approximate surface area is 117 Å². The molecule has 2 rings (SSSR count). The summed E-state index contributed by atoms with van der Waals surface area (Å²) in [6.07, 6.45) is 6.42. The molecule has 1 N–H and O–H groups in total. The average molecular weight is 263 g/mol. The van der Waals surface area contributed by atoms with E-state index in [1.807, 2.05) is 0 Å². The van der Waals surface area contributed by atoms with Crippen LogP contribution in [0.2, 0.25) is 0 Å². The monoisotopic (exact) mass is 263 g/mol. The average Bonchev–Trinajstić information content (AvgIpc) is 2.95. The van der Waals surface area contributed by atoms with Gasteiger partial charge in [0.2, 0.25) is 0 Å². The Morgan fingerprint density at radius 1 is 1.37 bits per heavy atom. The van der Waals surface area contributed by atoms with Crippen molar-refractivity contribution in [1.82, 2.24) is 15.1 Å². The van der Waals surface area contributed by atoms with Crippen molar-refractivity contribution in [2.24, 2.45) is 18.9 Å². The fourth-order valence-electron chi connectivity index (χ4n) is 3.24. The quantitative estimate of drug-likeness (QED) is 0.855. The molecule has 19 heavy (non-hydrogen) atoms. The lowest BCUT2D eigenvalue weighted by molar-refractivity contribution is 0.348. The van der Waals surface area contributed by atoms with Crippen molar-refractivity contribution in [3.63, 3.8) is 0 Å². The highest BCUT2D eigenvalue weighted by Crippen LogP contribution is 2.34. The number of hydrogen-bond acceptors (Lipinski definition) is 2. The van der Waals surface area contributed by atoms with E-state index in [1.54, 1.807) is 0 Å². The first-order valence-electron chi connectivity index (χ1n) is 7.85. The van der Waals surface area contributed by atoms with E-state index in [2.05, 4.69) is 49.0 Å². The minimum absolute atomic E-state index is 0.602. The highest BCUT2D eigenvalue weighted by Gasteiger charge is 2.28. The normalized spacial score (nSPS) is 23.4. The molecule has 0 aliphatic heterocycles. The van der Waals surface area contributed by atoms with Gasteiger partial charge in [-0.25, -0.2) is 0 Å². The van der Waals surface area contributed by atoms with Gasteiger partial charge in [0.05, 0.1) is 5.69 Å². The Balaban J connectivity index is 1.94. The number of aromatic nitrogens is 2. The summed E-state index contributed by atoms with van der Waals surface area (Å²) in [5, 5.41) is 8.18. The zero-order valence-corrected chi connectivity index (χ0v) is 12.9. The lowest BCUT2D eigenvalue weighted by Gasteiger charge is -2.21. The SMILES string of the molecule is CCc1cc(CC2CCCC2CNC(C)C)n(C)n1. The van der Waals surface area contributed by atoms with E-state index in [4.69, 9.17) is 0 Å². The summed E-state index contributed by atoms with van der Waals surface area (Å²) >= 11 is 0. The minimum atomic E-state index is 0.602. The van der Waals surface area contributed by atoms with Gasteiger partial charge in [-0.1, -0.05) is 27.2 Å². The number of nitrogens with zero attached hydrogens (tertiary/aromatic N) is 2. The van der Waals surface area contributed by atoms with E-state index in [0.717, 1.165) is 18.3 Å². The summed E-state index contributed by atoms with van der Waals surface area (Å²) in [4.78, 5) is 0. The van der Waals surface area contributed by atoms with E-state index < -0.39 is 0 Å². The molecule has 1 aromatic rings. The summed E-state index contributed by atoms with van der Waals surface area (Å²) in [5.41, 5.74) is 2.64. The molecular weight excluding hydrogens is 234 g/mol. The van der Waals surface area contributed by atoms with Crippen LogP contribution in [0.4, 0.5) is 0 Å². The van der Waals surface area contributed by atoms with Gasteiger partial charge in [-0.05, 0) is 50.1 Å². The van der Waals surface area contributed by atoms with Crippen LogP contribution in [-0.2, 0) is 19.9 Å². The first-order chi connectivity index (χ1) is 9.10. The molecule has 2 atom stereocenters. The Bertz CT molecular complexity index is 395. The second-order valence-electron chi connectivity index (χ2n) is 6.32. The standard InChI is InChI=1S/C16H29N3/c1-5-15-10-16(19(4)18-15)9-13-7-6-8-14(13)11-17-12(2)3/h10,12-14,17H,5-9,11H2,1-4H3.